The van der Waals surface area contributed by atoms with Crippen LogP contribution in [0.15, 0.2) is 12.1 Å². The Morgan fingerprint density at radius 3 is 2.87 bits per heavy atom. The van der Waals surface area contributed by atoms with Gasteiger partial charge in [-0.3, -0.25) is 0 Å². The van der Waals surface area contributed by atoms with Crippen molar-refractivity contribution < 1.29 is 0 Å². The number of halogens is 1. The molecule has 0 amide bonds. The number of nitriles is 1. The molecule has 0 unspecified atom stereocenters. The summed E-state index contributed by atoms with van der Waals surface area (Å²) in [5, 5.41) is 11.3. The van der Waals surface area contributed by atoms with Gasteiger partial charge in [-0.15, -0.1) is 11.3 Å². The minimum absolute atomic E-state index is 0.564. The number of aryl methyl sites for hydroxylation is 1. The van der Waals surface area contributed by atoms with Crippen LogP contribution in [0.3, 0.4) is 0 Å². The van der Waals surface area contributed by atoms with Gasteiger partial charge in [-0.25, -0.2) is 0 Å². The molecule has 0 aliphatic rings. The van der Waals surface area contributed by atoms with Gasteiger partial charge in [-0.05, 0) is 24.1 Å². The molecule has 1 aromatic carbocycles. The van der Waals surface area contributed by atoms with Gasteiger partial charge in [0.25, 0.3) is 0 Å². The predicted molar refractivity (Wildman–Crippen MR) is 65.3 cm³/mol. The summed E-state index contributed by atoms with van der Waals surface area (Å²) in [4.78, 5) is 0. The van der Waals surface area contributed by atoms with Crippen molar-refractivity contribution in [2.75, 3.05) is 5.73 Å². The van der Waals surface area contributed by atoms with E-state index < -0.39 is 0 Å². The molecule has 0 bridgehead atoms. The van der Waals surface area contributed by atoms with E-state index in [4.69, 9.17) is 22.6 Å². The lowest BCUT2D eigenvalue weighted by Crippen LogP contribution is -1.87. The van der Waals surface area contributed by atoms with E-state index in [0.717, 1.165) is 22.1 Å². The molecule has 76 valence electrons. The number of nitrogens with zero attached hydrogens (tertiary/aromatic N) is 1. The lowest BCUT2D eigenvalue weighted by Gasteiger charge is -2.02. The normalized spacial score (nSPS) is 10.5. The van der Waals surface area contributed by atoms with Crippen LogP contribution in [0.5, 0.6) is 0 Å². The molecule has 2 N–H and O–H groups in total. The molecule has 2 nitrogen and oxygen atoms in total. The number of thiophene rings is 1. The summed E-state index contributed by atoms with van der Waals surface area (Å²) in [5.41, 5.74) is 7.37. The summed E-state index contributed by atoms with van der Waals surface area (Å²) in [7, 11) is 0. The molecule has 0 fully saturated rings. The van der Waals surface area contributed by atoms with Crippen LogP contribution in [0.2, 0.25) is 5.02 Å². The van der Waals surface area contributed by atoms with Gasteiger partial charge in [0.05, 0.1) is 5.56 Å². The molecule has 0 saturated heterocycles. The highest BCUT2D eigenvalue weighted by Gasteiger charge is 2.14. The van der Waals surface area contributed by atoms with E-state index in [0.29, 0.717) is 15.6 Å². The SMILES string of the molecule is CCc1c(Cl)ccc2sc(N)c(C#N)c12. The Kier molecular flexibility index (Phi) is 2.56. The largest absolute Gasteiger partial charge is 0.389 e. The van der Waals surface area contributed by atoms with E-state index >= 15 is 0 Å². The van der Waals surface area contributed by atoms with Crippen LogP contribution in [0, 0.1) is 11.3 Å². The van der Waals surface area contributed by atoms with Crippen molar-refractivity contribution in [1.29, 1.82) is 5.26 Å². The van der Waals surface area contributed by atoms with Crippen molar-refractivity contribution >= 4 is 38.0 Å². The zero-order chi connectivity index (χ0) is 11.0. The van der Waals surface area contributed by atoms with Crippen LogP contribution in [-0.4, -0.2) is 0 Å². The number of benzene rings is 1. The molecular formula is C11H9ClN2S. The van der Waals surface area contributed by atoms with Crippen molar-refractivity contribution in [3.05, 3.63) is 28.3 Å². The minimum Gasteiger partial charge on any atom is -0.389 e. The first-order valence-electron chi connectivity index (χ1n) is 4.58. The van der Waals surface area contributed by atoms with Crippen LogP contribution >= 0.6 is 22.9 Å². The average Bonchev–Trinajstić information content (AvgIpc) is 2.54. The van der Waals surface area contributed by atoms with Gasteiger partial charge >= 0.3 is 0 Å². The average molecular weight is 237 g/mol. The molecule has 0 saturated carbocycles. The highest BCUT2D eigenvalue weighted by molar-refractivity contribution is 7.23. The van der Waals surface area contributed by atoms with Gasteiger partial charge < -0.3 is 5.73 Å². The molecule has 2 rings (SSSR count). The number of rotatable bonds is 1. The summed E-state index contributed by atoms with van der Waals surface area (Å²) < 4.78 is 1.03. The standard InChI is InChI=1S/C11H9ClN2S/c1-2-6-8(12)3-4-9-10(6)7(5-13)11(14)15-9/h3-4H,2,14H2,1H3. The van der Waals surface area contributed by atoms with Crippen molar-refractivity contribution in [2.24, 2.45) is 0 Å². The van der Waals surface area contributed by atoms with Gasteiger partial charge in [-0.1, -0.05) is 18.5 Å². The Balaban J connectivity index is 2.96. The molecule has 4 heteroatoms. The number of nitrogen functional groups attached to an aromatic ring is 1. The fraction of sp³-hybridized carbons (Fsp3) is 0.182. The van der Waals surface area contributed by atoms with E-state index in [1.165, 1.54) is 11.3 Å². The molecule has 1 aromatic heterocycles. The smallest absolute Gasteiger partial charge is 0.105 e. The summed E-state index contributed by atoms with van der Waals surface area (Å²) in [6, 6.07) is 5.92. The summed E-state index contributed by atoms with van der Waals surface area (Å²) in [5.74, 6) is 0. The molecule has 1 heterocycles. The predicted octanol–water partition coefficient (Wildman–Crippen LogP) is 3.57. The van der Waals surface area contributed by atoms with Gasteiger partial charge in [0, 0.05) is 15.1 Å². The summed E-state index contributed by atoms with van der Waals surface area (Å²) in [6.45, 7) is 2.02. The Morgan fingerprint density at radius 1 is 1.53 bits per heavy atom. The highest BCUT2D eigenvalue weighted by atomic mass is 35.5. The van der Waals surface area contributed by atoms with Crippen LogP contribution in [0.1, 0.15) is 18.1 Å². The van der Waals surface area contributed by atoms with Crippen molar-refractivity contribution in [3.63, 3.8) is 0 Å². The Labute approximate surface area is 96.9 Å². The molecule has 2 aromatic rings. The van der Waals surface area contributed by atoms with Crippen molar-refractivity contribution in [3.8, 4) is 6.07 Å². The monoisotopic (exact) mass is 236 g/mol. The molecule has 0 spiro atoms. The first kappa shape index (κ1) is 10.3. The Hall–Kier alpha value is -1.24. The highest BCUT2D eigenvalue weighted by Crippen LogP contribution is 2.38. The second-order valence-corrected chi connectivity index (χ2v) is 4.70. The molecule has 0 radical (unpaired) electrons. The second kappa shape index (κ2) is 3.73. The lowest BCUT2D eigenvalue weighted by atomic mass is 10.0. The zero-order valence-corrected chi connectivity index (χ0v) is 9.75. The Morgan fingerprint density at radius 2 is 2.27 bits per heavy atom. The van der Waals surface area contributed by atoms with Gasteiger partial charge in [-0.2, -0.15) is 5.26 Å². The molecular weight excluding hydrogens is 228 g/mol. The van der Waals surface area contributed by atoms with Crippen LogP contribution < -0.4 is 5.73 Å². The lowest BCUT2D eigenvalue weighted by molar-refractivity contribution is 1.16. The first-order valence-corrected chi connectivity index (χ1v) is 5.78. The molecule has 0 aliphatic heterocycles. The fourth-order valence-corrected chi connectivity index (χ4v) is 2.95. The van der Waals surface area contributed by atoms with Gasteiger partial charge in [0.2, 0.25) is 0 Å². The van der Waals surface area contributed by atoms with Crippen LogP contribution in [0.4, 0.5) is 5.00 Å². The van der Waals surface area contributed by atoms with E-state index in [9.17, 15) is 0 Å². The second-order valence-electron chi connectivity index (χ2n) is 3.21. The summed E-state index contributed by atoms with van der Waals surface area (Å²) >= 11 is 7.53. The van der Waals surface area contributed by atoms with Crippen molar-refractivity contribution in [2.45, 2.75) is 13.3 Å². The third-order valence-electron chi connectivity index (χ3n) is 2.40. The third kappa shape index (κ3) is 1.46. The number of nitrogens with two attached hydrogens (primary N) is 1. The number of hydrogen-bond donors (Lipinski definition) is 1. The third-order valence-corrected chi connectivity index (χ3v) is 3.74. The maximum Gasteiger partial charge on any atom is 0.105 e. The maximum absolute atomic E-state index is 9.05. The van der Waals surface area contributed by atoms with E-state index in [-0.39, 0.29) is 0 Å². The van der Waals surface area contributed by atoms with Crippen LogP contribution in [0.25, 0.3) is 10.1 Å². The number of hydrogen-bond acceptors (Lipinski definition) is 3. The van der Waals surface area contributed by atoms with E-state index in [1.54, 1.807) is 0 Å². The molecule has 15 heavy (non-hydrogen) atoms. The first-order chi connectivity index (χ1) is 7.19. The quantitative estimate of drug-likeness (QED) is 0.823. The topological polar surface area (TPSA) is 49.8 Å². The molecule has 0 aliphatic carbocycles. The number of fused-ring (bicyclic) bond motifs is 1. The van der Waals surface area contributed by atoms with Gasteiger partial charge in [0.15, 0.2) is 0 Å². The van der Waals surface area contributed by atoms with Crippen molar-refractivity contribution in [1.82, 2.24) is 0 Å². The van der Waals surface area contributed by atoms with E-state index in [1.807, 2.05) is 19.1 Å². The number of anilines is 1. The zero-order valence-electron chi connectivity index (χ0n) is 8.17. The maximum atomic E-state index is 9.05. The Bertz CT molecular complexity index is 566. The summed E-state index contributed by atoms with van der Waals surface area (Å²) in [6.07, 6.45) is 0.807. The van der Waals surface area contributed by atoms with Gasteiger partial charge in [0.1, 0.15) is 11.1 Å². The molecule has 0 atom stereocenters. The fourth-order valence-electron chi connectivity index (χ4n) is 1.71. The van der Waals surface area contributed by atoms with Crippen LogP contribution in [-0.2, 0) is 6.42 Å². The van der Waals surface area contributed by atoms with E-state index in [2.05, 4.69) is 6.07 Å². The minimum atomic E-state index is 0.564.